The predicted octanol–water partition coefficient (Wildman–Crippen LogP) is 5.42. The van der Waals surface area contributed by atoms with Crippen LogP contribution in [0.4, 0.5) is 4.39 Å². The minimum absolute atomic E-state index is 0.0576. The third-order valence-corrected chi connectivity index (χ3v) is 5.54. The molecule has 4 heteroatoms. The van der Waals surface area contributed by atoms with Crippen LogP contribution in [-0.4, -0.2) is 5.11 Å². The molecule has 0 heterocycles. The summed E-state index contributed by atoms with van der Waals surface area (Å²) in [6, 6.07) is 3.36. The molecule has 1 aliphatic rings. The van der Waals surface area contributed by atoms with E-state index in [1.165, 1.54) is 0 Å². The number of benzene rings is 1. The lowest BCUT2D eigenvalue weighted by atomic mass is 9.85. The fraction of sp³-hybridized carbons (Fsp3) is 0.600. The molecule has 2 atom stereocenters. The molecule has 1 fully saturated rings. The maximum Gasteiger partial charge on any atom is 0.149 e. The molecule has 0 aliphatic heterocycles. The summed E-state index contributed by atoms with van der Waals surface area (Å²) in [5.41, 5.74) is -0.726. The summed E-state index contributed by atoms with van der Waals surface area (Å²) in [5, 5.41) is 10.9. The van der Waals surface area contributed by atoms with Gasteiger partial charge in [-0.3, -0.25) is 0 Å². The monoisotopic (exact) mass is 348 g/mol. The van der Waals surface area contributed by atoms with Crippen molar-refractivity contribution in [2.24, 2.45) is 5.92 Å². The highest BCUT2D eigenvalue weighted by molar-refractivity contribution is 9.10. The summed E-state index contributed by atoms with van der Waals surface area (Å²) in [7, 11) is 0. The number of hydrogen-bond donors (Lipinski definition) is 1. The van der Waals surface area contributed by atoms with Gasteiger partial charge in [-0.2, -0.15) is 0 Å². The molecule has 2 rings (SSSR count). The average molecular weight is 350 g/mol. The van der Waals surface area contributed by atoms with Crippen LogP contribution >= 0.6 is 27.5 Å². The van der Waals surface area contributed by atoms with Crippen molar-refractivity contribution in [3.63, 3.8) is 0 Å². The Balaban J connectivity index is 2.32. The number of aliphatic hydroxyl groups is 1. The predicted molar refractivity (Wildman–Crippen MR) is 79.9 cm³/mol. The smallest absolute Gasteiger partial charge is 0.149 e. The number of halogens is 3. The summed E-state index contributed by atoms with van der Waals surface area (Å²) >= 11 is 9.13. The first kappa shape index (κ1) is 15.3. The van der Waals surface area contributed by atoms with Crippen molar-refractivity contribution in [1.29, 1.82) is 0 Å². The van der Waals surface area contributed by atoms with E-state index in [1.807, 2.05) is 0 Å². The Morgan fingerprint density at radius 1 is 1.42 bits per heavy atom. The Kier molecular flexibility index (Phi) is 4.91. The molecule has 0 bridgehead atoms. The molecule has 0 spiro atoms. The Bertz CT molecular complexity index is 466. The lowest BCUT2D eigenvalue weighted by Gasteiger charge is -2.28. The summed E-state index contributed by atoms with van der Waals surface area (Å²) < 4.78 is 14.8. The van der Waals surface area contributed by atoms with Crippen molar-refractivity contribution >= 4 is 27.5 Å². The molecule has 0 amide bonds. The molecule has 2 unspecified atom stereocenters. The maximum absolute atomic E-state index is 14.3. The largest absolute Gasteiger partial charge is 0.385 e. The normalized spacial score (nSPS) is 28.2. The van der Waals surface area contributed by atoms with E-state index in [9.17, 15) is 9.50 Å². The zero-order chi connectivity index (χ0) is 14.0. The molecule has 1 aromatic rings. The first-order valence-electron chi connectivity index (χ1n) is 6.84. The molecule has 1 nitrogen and oxygen atoms in total. The average Bonchev–Trinajstić information content (AvgIpc) is 2.58. The van der Waals surface area contributed by atoms with Crippen LogP contribution in [0, 0.1) is 11.7 Å². The zero-order valence-electron chi connectivity index (χ0n) is 11.1. The van der Waals surface area contributed by atoms with Gasteiger partial charge >= 0.3 is 0 Å². The highest BCUT2D eigenvalue weighted by Crippen LogP contribution is 2.41. The third kappa shape index (κ3) is 3.14. The van der Waals surface area contributed by atoms with Crippen LogP contribution in [0.3, 0.4) is 0 Å². The first-order chi connectivity index (χ1) is 8.98. The van der Waals surface area contributed by atoms with E-state index in [0.717, 1.165) is 25.7 Å². The second-order valence-electron chi connectivity index (χ2n) is 5.46. The van der Waals surface area contributed by atoms with Crippen molar-refractivity contribution < 1.29 is 9.50 Å². The highest BCUT2D eigenvalue weighted by atomic mass is 79.9. The Labute approximate surface area is 127 Å². The van der Waals surface area contributed by atoms with Gasteiger partial charge in [0, 0.05) is 10.0 Å². The van der Waals surface area contributed by atoms with Crippen LogP contribution in [0.25, 0.3) is 0 Å². The topological polar surface area (TPSA) is 20.2 Å². The van der Waals surface area contributed by atoms with Gasteiger partial charge in [0.15, 0.2) is 0 Å². The van der Waals surface area contributed by atoms with E-state index in [4.69, 9.17) is 11.6 Å². The minimum Gasteiger partial charge on any atom is -0.385 e. The summed E-state index contributed by atoms with van der Waals surface area (Å²) in [4.78, 5) is 0. The Morgan fingerprint density at radius 3 is 2.84 bits per heavy atom. The van der Waals surface area contributed by atoms with Crippen LogP contribution in [0.5, 0.6) is 0 Å². The fourth-order valence-corrected chi connectivity index (χ4v) is 3.43. The number of rotatable bonds is 2. The van der Waals surface area contributed by atoms with Gasteiger partial charge in [-0.1, -0.05) is 37.4 Å². The van der Waals surface area contributed by atoms with Gasteiger partial charge in [-0.25, -0.2) is 4.39 Å². The van der Waals surface area contributed by atoms with Crippen LogP contribution in [0.15, 0.2) is 16.6 Å². The molecule has 1 N–H and O–H groups in total. The second kappa shape index (κ2) is 6.11. The van der Waals surface area contributed by atoms with Crippen molar-refractivity contribution in [1.82, 2.24) is 0 Å². The molecule has 1 saturated carbocycles. The lowest BCUT2D eigenvalue weighted by molar-refractivity contribution is 0.0162. The second-order valence-corrected chi connectivity index (χ2v) is 6.69. The molecule has 0 saturated heterocycles. The third-order valence-electron chi connectivity index (χ3n) is 4.28. The van der Waals surface area contributed by atoms with E-state index >= 15 is 0 Å². The fourth-order valence-electron chi connectivity index (χ4n) is 2.96. The quantitative estimate of drug-likeness (QED) is 0.558. The molecule has 106 valence electrons. The van der Waals surface area contributed by atoms with Gasteiger partial charge in [0.25, 0.3) is 0 Å². The molecule has 0 radical (unpaired) electrons. The van der Waals surface area contributed by atoms with Gasteiger partial charge in [0.2, 0.25) is 0 Å². The van der Waals surface area contributed by atoms with E-state index in [-0.39, 0.29) is 5.02 Å². The maximum atomic E-state index is 14.3. The molecular formula is C15H19BrClFO. The summed E-state index contributed by atoms with van der Waals surface area (Å²) in [6.07, 6.45) is 5.34. The van der Waals surface area contributed by atoms with Gasteiger partial charge in [-0.05, 0) is 53.6 Å². The van der Waals surface area contributed by atoms with E-state index < -0.39 is 11.4 Å². The van der Waals surface area contributed by atoms with Gasteiger partial charge < -0.3 is 5.11 Å². The van der Waals surface area contributed by atoms with E-state index in [0.29, 0.717) is 28.8 Å². The molecular weight excluding hydrogens is 331 g/mol. The first-order valence-corrected chi connectivity index (χ1v) is 8.01. The SMILES string of the molecule is CCC1CCCC(O)(c2ccc(Br)c(Cl)c2F)CC1. The van der Waals surface area contributed by atoms with Crippen LogP contribution in [0.2, 0.25) is 5.02 Å². The Morgan fingerprint density at radius 2 is 2.16 bits per heavy atom. The zero-order valence-corrected chi connectivity index (χ0v) is 13.4. The van der Waals surface area contributed by atoms with Gasteiger partial charge in [-0.15, -0.1) is 0 Å². The minimum atomic E-state index is -1.07. The van der Waals surface area contributed by atoms with E-state index in [2.05, 4.69) is 22.9 Å². The van der Waals surface area contributed by atoms with Crippen molar-refractivity contribution in [3.8, 4) is 0 Å². The van der Waals surface area contributed by atoms with Crippen LogP contribution in [0.1, 0.15) is 51.0 Å². The van der Waals surface area contributed by atoms with Crippen LogP contribution < -0.4 is 0 Å². The van der Waals surface area contributed by atoms with Crippen molar-refractivity contribution in [2.45, 2.75) is 51.0 Å². The van der Waals surface area contributed by atoms with Gasteiger partial charge in [0.05, 0.1) is 10.6 Å². The molecule has 19 heavy (non-hydrogen) atoms. The van der Waals surface area contributed by atoms with E-state index in [1.54, 1.807) is 12.1 Å². The van der Waals surface area contributed by atoms with Gasteiger partial charge in [0.1, 0.15) is 5.82 Å². The van der Waals surface area contributed by atoms with Crippen molar-refractivity contribution in [3.05, 3.63) is 33.0 Å². The molecule has 0 aromatic heterocycles. The lowest BCUT2D eigenvalue weighted by Crippen LogP contribution is -2.26. The highest BCUT2D eigenvalue weighted by Gasteiger charge is 2.35. The Hall–Kier alpha value is -0.120. The summed E-state index contributed by atoms with van der Waals surface area (Å²) in [5.74, 6) is 0.150. The molecule has 1 aliphatic carbocycles. The summed E-state index contributed by atoms with van der Waals surface area (Å²) in [6.45, 7) is 2.17. The van der Waals surface area contributed by atoms with Crippen LogP contribution in [-0.2, 0) is 5.60 Å². The van der Waals surface area contributed by atoms with Crippen molar-refractivity contribution in [2.75, 3.05) is 0 Å². The molecule has 1 aromatic carbocycles. The standard InChI is InChI=1S/C15H19BrClFO/c1-2-10-4-3-8-15(19,9-7-10)11-5-6-12(16)13(17)14(11)18/h5-6,10,19H,2-4,7-9H2,1H3. The number of hydrogen-bond acceptors (Lipinski definition) is 1.